The zero-order valence-corrected chi connectivity index (χ0v) is 54.6. The summed E-state index contributed by atoms with van der Waals surface area (Å²) in [5.74, 6) is 3.71. The second kappa shape index (κ2) is 24.4. The van der Waals surface area contributed by atoms with Crippen molar-refractivity contribution in [1.82, 2.24) is 39.9 Å². The first-order chi connectivity index (χ1) is 48.1. The Balaban J connectivity index is 0.000000147. The minimum absolute atomic E-state index is 0.0549. The van der Waals surface area contributed by atoms with Crippen LogP contribution in [0.3, 0.4) is 0 Å². The van der Waals surface area contributed by atoms with E-state index in [-0.39, 0.29) is 10.8 Å². The van der Waals surface area contributed by atoms with Crippen LogP contribution in [0.2, 0.25) is 0 Å². The topological polar surface area (TPSA) is 103 Å². The number of fused-ring (bicyclic) bond motifs is 10. The van der Waals surface area contributed by atoms with E-state index in [4.69, 9.17) is 29.9 Å². The fraction of sp³-hybridized carbons (Fsp3) is 0.0667. The van der Waals surface area contributed by atoms with Gasteiger partial charge in [-0.3, -0.25) is 9.97 Å². The molecule has 0 saturated heterocycles. The van der Waals surface area contributed by atoms with Crippen molar-refractivity contribution in [3.8, 4) is 135 Å². The Bertz CT molecular complexity index is 5720. The molecular weight excluding hydrogens is 1190 g/mol. The van der Waals surface area contributed by atoms with Crippen molar-refractivity contribution in [2.75, 3.05) is 0 Å². The molecule has 0 aliphatic heterocycles. The lowest BCUT2D eigenvalue weighted by molar-refractivity contribution is 0.661. The van der Waals surface area contributed by atoms with Crippen molar-refractivity contribution in [2.24, 2.45) is 0 Å². The van der Waals surface area contributed by atoms with Crippen LogP contribution in [0.4, 0.5) is 0 Å². The summed E-state index contributed by atoms with van der Waals surface area (Å²) in [6.07, 6.45) is 7.09. The van der Waals surface area contributed by atoms with Gasteiger partial charge >= 0.3 is 0 Å². The van der Waals surface area contributed by atoms with Crippen molar-refractivity contribution in [1.29, 1.82) is 0 Å². The summed E-state index contributed by atoms with van der Waals surface area (Å²) in [5.41, 5.74) is 25.4. The van der Waals surface area contributed by atoms with E-state index in [9.17, 15) is 0 Å². The summed E-state index contributed by atoms with van der Waals surface area (Å²) in [5, 5.41) is 5.20. The average Bonchev–Trinajstić information content (AvgIpc) is 1.57. The normalized spacial score (nSPS) is 12.9. The number of hydrogen-bond acceptors (Lipinski definition) is 8. The molecule has 0 bridgehead atoms. The number of hydrogen-bond donors (Lipinski definition) is 0. The molecule has 98 heavy (non-hydrogen) atoms. The van der Waals surface area contributed by atoms with Gasteiger partial charge in [0.05, 0.1) is 0 Å². The van der Waals surface area contributed by atoms with Gasteiger partial charge in [0, 0.05) is 69.0 Å². The highest BCUT2D eigenvalue weighted by Crippen LogP contribution is 2.54. The maximum absolute atomic E-state index is 5.02. The molecule has 2 aliphatic rings. The van der Waals surface area contributed by atoms with Gasteiger partial charge in [-0.25, -0.2) is 29.9 Å². The molecule has 8 heteroatoms. The highest BCUT2D eigenvalue weighted by atomic mass is 15.0. The van der Waals surface area contributed by atoms with Gasteiger partial charge in [0.2, 0.25) is 0 Å². The average molecular weight is 1260 g/mol. The molecule has 8 nitrogen and oxygen atoms in total. The number of nitrogens with zero attached hydrogens (tertiary/aromatic N) is 8. The first-order valence-electron chi connectivity index (χ1n) is 33.3. The molecule has 0 N–H and O–H groups in total. The Morgan fingerprint density at radius 2 is 0.612 bits per heavy atom. The number of benzene rings is 12. The Hall–Kier alpha value is -12.5. The monoisotopic (exact) mass is 1260 g/mol. The Kier molecular flexibility index (Phi) is 14.7. The van der Waals surface area contributed by atoms with Gasteiger partial charge in [-0.1, -0.05) is 270 Å². The maximum Gasteiger partial charge on any atom is 0.165 e. The molecule has 18 rings (SSSR count). The quantitative estimate of drug-likeness (QED) is 0.133. The highest BCUT2D eigenvalue weighted by Gasteiger charge is 2.38. The lowest BCUT2D eigenvalue weighted by atomic mass is 9.80. The third kappa shape index (κ3) is 10.8. The Labute approximate surface area is 569 Å². The standard InChI is InChI=1S/2C45H32N4/c1-45(2)40-24-22-34(27-39(40)38-23-21-31-12-6-7-16-37(31)41(38)45)30-17-19-32(20-18-30)42-47-43(49-44(48-42)36-15-9-25-46-28-36)35-14-8-13-33(26-35)29-10-4-3-5-11-29;1-45(2)39-21-20-35(28-38(39)41-37-14-7-6-11-31(37)19-22-40(41)45)30-15-17-32(18-16-30)42-47-43(33-23-25-46-26-24-33)49-44(48-42)36-13-8-12-34(27-36)29-9-4-3-5-10-29/h2*3-28H,1-2H3. The second-order valence-electron chi connectivity index (χ2n) is 26.3. The molecule has 4 heterocycles. The molecule has 0 unspecified atom stereocenters. The van der Waals surface area contributed by atoms with Crippen LogP contribution in [0.1, 0.15) is 49.9 Å². The van der Waals surface area contributed by atoms with E-state index in [1.807, 2.05) is 36.4 Å². The Morgan fingerprint density at radius 3 is 1.16 bits per heavy atom. The zero-order valence-electron chi connectivity index (χ0n) is 54.6. The minimum atomic E-state index is -0.0725. The van der Waals surface area contributed by atoms with Crippen molar-refractivity contribution >= 4 is 21.5 Å². The first kappa shape index (κ1) is 59.2. The predicted octanol–water partition coefficient (Wildman–Crippen LogP) is 22.1. The van der Waals surface area contributed by atoms with E-state index in [1.54, 1.807) is 24.8 Å². The molecule has 2 aliphatic carbocycles. The molecule has 0 atom stereocenters. The molecule has 464 valence electrons. The van der Waals surface area contributed by atoms with E-state index >= 15 is 0 Å². The largest absolute Gasteiger partial charge is 0.265 e. The van der Waals surface area contributed by atoms with Crippen molar-refractivity contribution < 1.29 is 0 Å². The third-order valence-electron chi connectivity index (χ3n) is 19.6. The van der Waals surface area contributed by atoms with Gasteiger partial charge in [-0.05, 0) is 159 Å². The molecule has 0 fully saturated rings. The number of pyridine rings is 2. The van der Waals surface area contributed by atoms with E-state index < -0.39 is 0 Å². The fourth-order valence-electron chi connectivity index (χ4n) is 14.6. The molecule has 0 amide bonds. The smallest absolute Gasteiger partial charge is 0.165 e. The summed E-state index contributed by atoms with van der Waals surface area (Å²) < 4.78 is 0. The van der Waals surface area contributed by atoms with Crippen molar-refractivity contribution in [3.05, 3.63) is 338 Å². The zero-order chi connectivity index (χ0) is 65.9. The third-order valence-corrected chi connectivity index (χ3v) is 19.6. The predicted molar refractivity (Wildman–Crippen MR) is 400 cm³/mol. The molecular formula is C90H64N8. The molecule has 0 radical (unpaired) electrons. The van der Waals surface area contributed by atoms with Crippen LogP contribution in [0, 0.1) is 0 Å². The van der Waals surface area contributed by atoms with Crippen LogP contribution in [-0.2, 0) is 10.8 Å². The highest BCUT2D eigenvalue weighted by molar-refractivity contribution is 6.03. The van der Waals surface area contributed by atoms with Gasteiger partial charge in [-0.15, -0.1) is 0 Å². The number of rotatable bonds is 10. The summed E-state index contributed by atoms with van der Waals surface area (Å²) in [7, 11) is 0. The SMILES string of the molecule is CC1(C)c2ccc(-c3ccc(-c4nc(-c5cccnc5)nc(-c5cccc(-c6ccccc6)c5)n4)cc3)cc2-c2ccc3ccccc3c21.CC1(C)c2ccc(-c3ccc(-c4nc(-c5ccncc5)nc(-c5cccc(-c6ccccc6)c5)n4)cc3)cc2-c2c1ccc1ccccc21. The van der Waals surface area contributed by atoms with E-state index in [0.29, 0.717) is 34.9 Å². The maximum atomic E-state index is 5.02. The van der Waals surface area contributed by atoms with Crippen molar-refractivity contribution in [2.45, 2.75) is 38.5 Å². The van der Waals surface area contributed by atoms with Crippen LogP contribution in [0.15, 0.2) is 316 Å². The van der Waals surface area contributed by atoms with E-state index in [1.165, 1.54) is 77.2 Å². The van der Waals surface area contributed by atoms with Gasteiger partial charge in [0.1, 0.15) is 0 Å². The summed E-state index contributed by atoms with van der Waals surface area (Å²) in [6, 6.07) is 103. The van der Waals surface area contributed by atoms with Gasteiger partial charge in [-0.2, -0.15) is 0 Å². The lowest BCUT2D eigenvalue weighted by Gasteiger charge is -2.23. The summed E-state index contributed by atoms with van der Waals surface area (Å²) in [4.78, 5) is 38.3. The number of aromatic nitrogens is 8. The minimum Gasteiger partial charge on any atom is -0.265 e. The lowest BCUT2D eigenvalue weighted by Crippen LogP contribution is -2.15. The Morgan fingerprint density at radius 1 is 0.224 bits per heavy atom. The van der Waals surface area contributed by atoms with Crippen LogP contribution in [0.5, 0.6) is 0 Å². The van der Waals surface area contributed by atoms with Crippen LogP contribution in [-0.4, -0.2) is 39.9 Å². The summed E-state index contributed by atoms with van der Waals surface area (Å²) in [6.45, 7) is 9.36. The van der Waals surface area contributed by atoms with E-state index in [2.05, 4.69) is 292 Å². The second-order valence-corrected chi connectivity index (χ2v) is 26.3. The molecule has 4 aromatic heterocycles. The first-order valence-corrected chi connectivity index (χ1v) is 33.3. The molecule has 16 aromatic rings. The van der Waals surface area contributed by atoms with Crippen LogP contribution in [0.25, 0.3) is 157 Å². The van der Waals surface area contributed by atoms with Crippen LogP contribution >= 0.6 is 0 Å². The summed E-state index contributed by atoms with van der Waals surface area (Å²) >= 11 is 0. The van der Waals surface area contributed by atoms with Crippen molar-refractivity contribution in [3.63, 3.8) is 0 Å². The van der Waals surface area contributed by atoms with E-state index in [0.717, 1.165) is 66.8 Å². The van der Waals surface area contributed by atoms with Crippen LogP contribution < -0.4 is 0 Å². The molecule has 12 aromatic carbocycles. The van der Waals surface area contributed by atoms with Gasteiger partial charge < -0.3 is 0 Å². The van der Waals surface area contributed by atoms with Gasteiger partial charge in [0.15, 0.2) is 34.9 Å². The fourth-order valence-corrected chi connectivity index (χ4v) is 14.6. The molecule has 0 saturated carbocycles. The molecule has 0 spiro atoms. The van der Waals surface area contributed by atoms with Gasteiger partial charge in [0.25, 0.3) is 0 Å².